The lowest BCUT2D eigenvalue weighted by Gasteiger charge is -2.35. The molecule has 2 aromatic rings. The van der Waals surface area contributed by atoms with Crippen molar-refractivity contribution in [2.24, 2.45) is 5.73 Å². The quantitative estimate of drug-likeness (QED) is 0.269. The zero-order chi connectivity index (χ0) is 29.2. The number of carbonyl (C=O) groups excluding carboxylic acids is 4. The van der Waals surface area contributed by atoms with Gasteiger partial charge in [0.25, 0.3) is 0 Å². The largest absolute Gasteiger partial charge is 0.461 e. The summed E-state index contributed by atoms with van der Waals surface area (Å²) >= 11 is 0. The molecule has 222 valence electrons. The summed E-state index contributed by atoms with van der Waals surface area (Å²) in [6.45, 7) is 2.13. The molecule has 2 amide bonds. The van der Waals surface area contributed by atoms with Gasteiger partial charge in [-0.3, -0.25) is 19.3 Å². The van der Waals surface area contributed by atoms with Crippen LogP contribution in [-0.4, -0.2) is 78.9 Å². The molecule has 10 heteroatoms. The number of nitrogens with one attached hydrogen (secondary N) is 3. The molecule has 1 heterocycles. The van der Waals surface area contributed by atoms with Gasteiger partial charge in [-0.15, -0.1) is 0 Å². The standard InChI is InChI=1S/C31H43N5O5/c1-21(37)34-18-27(31(40)41-24-12-3-2-4-13-24)35-29(39)20-36(30(28(38)17-32)26-15-8-16-33-26)19-23-11-7-10-22-9-5-6-14-25(22)23/h5-7,9-11,14,24,26-27,30,33H,2-4,8,12-13,15-20,32H2,1H3,(H,34,37)(H,35,39)/t26-,27-,30?/m0/s1. The van der Waals surface area contributed by atoms with E-state index in [9.17, 15) is 19.2 Å². The van der Waals surface area contributed by atoms with Crippen LogP contribution < -0.4 is 21.7 Å². The normalized spacial score (nSPS) is 19.0. The van der Waals surface area contributed by atoms with Crippen LogP contribution in [0.5, 0.6) is 0 Å². The van der Waals surface area contributed by atoms with Gasteiger partial charge in [-0.05, 0) is 61.4 Å². The first kappa shape index (κ1) is 30.6. The lowest BCUT2D eigenvalue weighted by Crippen LogP contribution is -2.57. The summed E-state index contributed by atoms with van der Waals surface area (Å²) in [5.74, 6) is -1.46. The third-order valence-electron chi connectivity index (χ3n) is 8.01. The molecule has 1 saturated heterocycles. The molecular weight excluding hydrogens is 522 g/mol. The highest BCUT2D eigenvalue weighted by atomic mass is 16.5. The Morgan fingerprint density at radius 2 is 1.78 bits per heavy atom. The van der Waals surface area contributed by atoms with E-state index in [0.717, 1.165) is 67.8 Å². The molecule has 1 unspecified atom stereocenters. The molecule has 1 aliphatic heterocycles. The van der Waals surface area contributed by atoms with Crippen LogP contribution in [0.3, 0.4) is 0 Å². The summed E-state index contributed by atoms with van der Waals surface area (Å²) in [6.07, 6.45) is 6.24. The van der Waals surface area contributed by atoms with Gasteiger partial charge in [0.1, 0.15) is 12.1 Å². The second kappa shape index (κ2) is 15.0. The Morgan fingerprint density at radius 1 is 1.02 bits per heavy atom. The van der Waals surface area contributed by atoms with Crippen LogP contribution in [0.4, 0.5) is 0 Å². The molecule has 0 aromatic heterocycles. The first-order valence-corrected chi connectivity index (χ1v) is 14.8. The van der Waals surface area contributed by atoms with Crippen LogP contribution in [0, 0.1) is 0 Å². The molecule has 2 fully saturated rings. The Hall–Kier alpha value is -3.34. The molecule has 0 radical (unpaired) electrons. The Morgan fingerprint density at radius 3 is 2.49 bits per heavy atom. The molecule has 2 aliphatic rings. The van der Waals surface area contributed by atoms with Crippen LogP contribution in [0.1, 0.15) is 57.4 Å². The van der Waals surface area contributed by atoms with E-state index >= 15 is 0 Å². The maximum Gasteiger partial charge on any atom is 0.330 e. The van der Waals surface area contributed by atoms with Gasteiger partial charge in [0.05, 0.1) is 19.1 Å². The molecule has 2 aromatic carbocycles. The number of benzene rings is 2. The lowest BCUT2D eigenvalue weighted by molar-refractivity contribution is -0.154. The number of carbonyl (C=O) groups is 4. The molecule has 0 spiro atoms. The fourth-order valence-corrected chi connectivity index (χ4v) is 5.98. The topological polar surface area (TPSA) is 143 Å². The van der Waals surface area contributed by atoms with Crippen molar-refractivity contribution >= 4 is 34.3 Å². The minimum absolute atomic E-state index is 0.0781. The van der Waals surface area contributed by atoms with E-state index in [-0.39, 0.29) is 43.5 Å². The molecule has 1 aliphatic carbocycles. The minimum Gasteiger partial charge on any atom is -0.461 e. The molecule has 41 heavy (non-hydrogen) atoms. The van der Waals surface area contributed by atoms with Crippen LogP contribution >= 0.6 is 0 Å². The Labute approximate surface area is 241 Å². The van der Waals surface area contributed by atoms with E-state index in [1.54, 1.807) is 0 Å². The van der Waals surface area contributed by atoms with E-state index in [2.05, 4.69) is 16.0 Å². The first-order valence-electron chi connectivity index (χ1n) is 14.8. The third kappa shape index (κ3) is 8.58. The van der Waals surface area contributed by atoms with Gasteiger partial charge < -0.3 is 26.4 Å². The van der Waals surface area contributed by atoms with Crippen molar-refractivity contribution in [3.8, 4) is 0 Å². The number of rotatable bonds is 13. The number of nitrogens with zero attached hydrogens (tertiary/aromatic N) is 1. The van der Waals surface area contributed by atoms with Gasteiger partial charge in [0.2, 0.25) is 11.8 Å². The molecule has 5 N–H and O–H groups in total. The Bertz CT molecular complexity index is 1200. The van der Waals surface area contributed by atoms with Gasteiger partial charge in [-0.25, -0.2) is 4.79 Å². The summed E-state index contributed by atoms with van der Waals surface area (Å²) in [7, 11) is 0. The van der Waals surface area contributed by atoms with Crippen molar-refractivity contribution in [3.05, 3.63) is 48.0 Å². The van der Waals surface area contributed by atoms with E-state index in [1.165, 1.54) is 6.92 Å². The number of esters is 1. The van der Waals surface area contributed by atoms with Gasteiger partial charge >= 0.3 is 5.97 Å². The number of fused-ring (bicyclic) bond motifs is 1. The van der Waals surface area contributed by atoms with Gasteiger partial charge in [-0.2, -0.15) is 0 Å². The van der Waals surface area contributed by atoms with Crippen LogP contribution in [-0.2, 0) is 30.5 Å². The minimum atomic E-state index is -1.04. The zero-order valence-corrected chi connectivity index (χ0v) is 23.9. The van der Waals surface area contributed by atoms with Crippen LogP contribution in [0.2, 0.25) is 0 Å². The maximum atomic E-state index is 13.6. The molecule has 4 rings (SSSR count). The summed E-state index contributed by atoms with van der Waals surface area (Å²) in [5.41, 5.74) is 6.85. The average molecular weight is 566 g/mol. The second-order valence-corrected chi connectivity index (χ2v) is 11.1. The van der Waals surface area contributed by atoms with Crippen LogP contribution in [0.15, 0.2) is 42.5 Å². The van der Waals surface area contributed by atoms with Crippen molar-refractivity contribution in [3.63, 3.8) is 0 Å². The van der Waals surface area contributed by atoms with E-state index < -0.39 is 24.0 Å². The second-order valence-electron chi connectivity index (χ2n) is 11.1. The fraction of sp³-hybridized carbons (Fsp3) is 0.548. The Kier molecular flexibility index (Phi) is 11.2. The molecular formula is C31H43N5O5. The number of hydrogen-bond acceptors (Lipinski definition) is 8. The first-order chi connectivity index (χ1) is 19.9. The van der Waals surface area contributed by atoms with Crippen molar-refractivity contribution in [2.75, 3.05) is 26.2 Å². The van der Waals surface area contributed by atoms with Gasteiger partial charge in [-0.1, -0.05) is 48.9 Å². The number of amides is 2. The fourth-order valence-electron chi connectivity index (χ4n) is 5.98. The molecule has 10 nitrogen and oxygen atoms in total. The predicted molar refractivity (Wildman–Crippen MR) is 157 cm³/mol. The van der Waals surface area contributed by atoms with Gasteiger partial charge in [0, 0.05) is 26.1 Å². The van der Waals surface area contributed by atoms with E-state index in [0.29, 0.717) is 6.54 Å². The summed E-state index contributed by atoms with van der Waals surface area (Å²) in [4.78, 5) is 53.4. The summed E-state index contributed by atoms with van der Waals surface area (Å²) < 4.78 is 5.72. The van der Waals surface area contributed by atoms with Crippen LogP contribution in [0.25, 0.3) is 10.8 Å². The maximum absolute atomic E-state index is 13.6. The van der Waals surface area contributed by atoms with Crippen molar-refractivity contribution < 1.29 is 23.9 Å². The highest BCUT2D eigenvalue weighted by Crippen LogP contribution is 2.24. The highest BCUT2D eigenvalue weighted by Gasteiger charge is 2.36. The number of ketones is 1. The average Bonchev–Trinajstić information content (AvgIpc) is 3.50. The van der Waals surface area contributed by atoms with Crippen molar-refractivity contribution in [2.45, 2.75) is 82.6 Å². The summed E-state index contributed by atoms with van der Waals surface area (Å²) in [6, 6.07) is 12.2. The molecule has 1 saturated carbocycles. The lowest BCUT2D eigenvalue weighted by atomic mass is 9.97. The van der Waals surface area contributed by atoms with Crippen molar-refractivity contribution in [1.29, 1.82) is 0 Å². The Balaban J connectivity index is 1.56. The van der Waals surface area contributed by atoms with Gasteiger partial charge in [0.15, 0.2) is 5.78 Å². The van der Waals surface area contributed by atoms with E-state index in [1.807, 2.05) is 47.4 Å². The third-order valence-corrected chi connectivity index (χ3v) is 8.01. The van der Waals surface area contributed by atoms with E-state index in [4.69, 9.17) is 10.5 Å². The molecule has 3 atom stereocenters. The summed E-state index contributed by atoms with van der Waals surface area (Å²) in [5, 5.41) is 10.9. The monoisotopic (exact) mass is 565 g/mol. The smallest absolute Gasteiger partial charge is 0.330 e. The zero-order valence-electron chi connectivity index (χ0n) is 23.9. The van der Waals surface area contributed by atoms with Crippen molar-refractivity contribution in [1.82, 2.24) is 20.9 Å². The number of nitrogens with two attached hydrogens (primary N) is 1. The number of Topliss-reactive ketones (excluding diaryl/α,β-unsaturated/α-hetero) is 1. The number of ether oxygens (including phenoxy) is 1. The number of hydrogen-bond donors (Lipinski definition) is 4. The highest BCUT2D eigenvalue weighted by molar-refractivity contribution is 5.90. The molecule has 0 bridgehead atoms. The predicted octanol–water partition coefficient (Wildman–Crippen LogP) is 1.79. The SMILES string of the molecule is CC(=O)NC[C@H](NC(=O)CN(Cc1cccc2ccccc12)C(C(=O)CN)[C@@H]1CCCN1)C(=O)OC1CCCCC1.